The molecule has 0 radical (unpaired) electrons. The Morgan fingerprint density at radius 3 is 2.79 bits per heavy atom. The van der Waals surface area contributed by atoms with Gasteiger partial charge in [0.05, 0.1) is 0 Å². The molecular formula is C20H22N2O2. The van der Waals surface area contributed by atoms with Gasteiger partial charge in [0.2, 0.25) is 0 Å². The van der Waals surface area contributed by atoms with Gasteiger partial charge in [-0.1, -0.05) is 36.4 Å². The number of hydrogen-bond acceptors (Lipinski definition) is 3. The second kappa shape index (κ2) is 6.38. The fourth-order valence-corrected chi connectivity index (χ4v) is 3.92. The largest absolute Gasteiger partial charge is 0.396 e. The number of hydrogen-bond donors (Lipinski definition) is 3. The van der Waals surface area contributed by atoms with Gasteiger partial charge in [-0.2, -0.15) is 0 Å². The van der Waals surface area contributed by atoms with Gasteiger partial charge in [-0.3, -0.25) is 4.79 Å². The molecular weight excluding hydrogens is 300 g/mol. The summed E-state index contributed by atoms with van der Waals surface area (Å²) in [6.07, 6.45) is 0.648. The Hall–Kier alpha value is -2.17. The van der Waals surface area contributed by atoms with Crippen molar-refractivity contribution in [3.8, 4) is 11.1 Å². The van der Waals surface area contributed by atoms with E-state index >= 15 is 0 Å². The Morgan fingerprint density at radius 1 is 1.04 bits per heavy atom. The summed E-state index contributed by atoms with van der Waals surface area (Å²) < 4.78 is 0. The van der Waals surface area contributed by atoms with Gasteiger partial charge in [0.15, 0.2) is 0 Å². The number of nitrogens with one attached hydrogen (secondary N) is 2. The van der Waals surface area contributed by atoms with Crippen molar-refractivity contribution in [1.82, 2.24) is 10.6 Å². The number of amides is 1. The summed E-state index contributed by atoms with van der Waals surface area (Å²) in [5.41, 5.74) is 5.20. The van der Waals surface area contributed by atoms with Crippen molar-refractivity contribution in [2.75, 3.05) is 26.2 Å². The van der Waals surface area contributed by atoms with E-state index in [4.69, 9.17) is 5.11 Å². The summed E-state index contributed by atoms with van der Waals surface area (Å²) in [6.45, 7) is 2.80. The lowest BCUT2D eigenvalue weighted by Gasteiger charge is -2.17. The van der Waals surface area contributed by atoms with Crippen LogP contribution in [0.3, 0.4) is 0 Å². The highest BCUT2D eigenvalue weighted by molar-refractivity contribution is 5.97. The molecule has 1 saturated heterocycles. The van der Waals surface area contributed by atoms with Gasteiger partial charge in [0.25, 0.3) is 5.91 Å². The van der Waals surface area contributed by atoms with Crippen molar-refractivity contribution in [1.29, 1.82) is 0 Å². The van der Waals surface area contributed by atoms with Crippen molar-refractivity contribution in [3.63, 3.8) is 0 Å². The molecule has 4 nitrogen and oxygen atoms in total. The zero-order valence-electron chi connectivity index (χ0n) is 13.6. The van der Waals surface area contributed by atoms with E-state index in [1.165, 1.54) is 0 Å². The summed E-state index contributed by atoms with van der Waals surface area (Å²) in [7, 11) is 0. The minimum Gasteiger partial charge on any atom is -0.396 e. The third-order valence-electron chi connectivity index (χ3n) is 5.22. The Kier molecular flexibility index (Phi) is 4.08. The number of carbonyl (C=O) groups excluding carboxylic acids is 1. The highest BCUT2D eigenvalue weighted by atomic mass is 16.2. The fourth-order valence-electron chi connectivity index (χ4n) is 3.92. The zero-order valence-corrected chi connectivity index (χ0v) is 13.6. The number of fused-ring (bicyclic) bond motifs is 3. The second-order valence-electron chi connectivity index (χ2n) is 6.71. The monoisotopic (exact) mass is 322 g/mol. The first-order chi connectivity index (χ1) is 11.8. The SMILES string of the molecule is O=C1NC[C@@H]2CNCC2c2ccc(-c3cccc(CCO)c3)cc21. The molecule has 124 valence electrons. The molecule has 1 fully saturated rings. The lowest BCUT2D eigenvalue weighted by atomic mass is 9.86. The standard InChI is InChI=1S/C20H22N2O2/c23-7-6-13-2-1-3-14(8-13)15-4-5-17-18(9-15)20(24)22-11-16-10-21-12-19(16)17/h1-5,8-9,16,19,21,23H,6-7,10-12H2,(H,22,24)/t16-,19?/m0/s1. The van der Waals surface area contributed by atoms with Crippen LogP contribution in [-0.2, 0) is 6.42 Å². The van der Waals surface area contributed by atoms with Gasteiger partial charge in [0.1, 0.15) is 0 Å². The van der Waals surface area contributed by atoms with E-state index in [9.17, 15) is 4.79 Å². The first-order valence-electron chi connectivity index (χ1n) is 8.59. The number of benzene rings is 2. The van der Waals surface area contributed by atoms with Crippen molar-refractivity contribution in [2.24, 2.45) is 5.92 Å². The smallest absolute Gasteiger partial charge is 0.251 e. The van der Waals surface area contributed by atoms with E-state index in [1.807, 2.05) is 18.2 Å². The summed E-state index contributed by atoms with van der Waals surface area (Å²) in [5, 5.41) is 15.6. The molecule has 2 aromatic rings. The van der Waals surface area contributed by atoms with Gasteiger partial charge in [-0.25, -0.2) is 0 Å². The van der Waals surface area contributed by atoms with Crippen LogP contribution in [0.1, 0.15) is 27.4 Å². The van der Waals surface area contributed by atoms with Crippen molar-refractivity contribution in [3.05, 3.63) is 59.2 Å². The van der Waals surface area contributed by atoms with Crippen LogP contribution >= 0.6 is 0 Å². The molecule has 0 spiro atoms. The van der Waals surface area contributed by atoms with Gasteiger partial charge < -0.3 is 15.7 Å². The van der Waals surface area contributed by atoms with Crippen LogP contribution in [-0.4, -0.2) is 37.3 Å². The van der Waals surface area contributed by atoms with Crippen molar-refractivity contribution in [2.45, 2.75) is 12.3 Å². The predicted octanol–water partition coefficient (Wildman–Crippen LogP) is 1.93. The third-order valence-corrected chi connectivity index (χ3v) is 5.22. The van der Waals surface area contributed by atoms with E-state index in [0.717, 1.165) is 47.5 Å². The van der Waals surface area contributed by atoms with Crippen LogP contribution in [0.15, 0.2) is 42.5 Å². The van der Waals surface area contributed by atoms with Crippen LogP contribution < -0.4 is 10.6 Å². The Bertz CT molecular complexity index is 772. The average molecular weight is 322 g/mol. The summed E-state index contributed by atoms with van der Waals surface area (Å²) >= 11 is 0. The van der Waals surface area contributed by atoms with Crippen molar-refractivity contribution < 1.29 is 9.90 Å². The fraction of sp³-hybridized carbons (Fsp3) is 0.350. The second-order valence-corrected chi connectivity index (χ2v) is 6.71. The molecule has 2 atom stereocenters. The van der Waals surface area contributed by atoms with Crippen molar-refractivity contribution >= 4 is 5.91 Å². The molecule has 0 saturated carbocycles. The molecule has 1 unspecified atom stereocenters. The van der Waals surface area contributed by atoms with E-state index in [0.29, 0.717) is 18.3 Å². The normalized spacial score (nSPS) is 22.5. The minimum atomic E-state index is 0.0350. The first-order valence-corrected chi connectivity index (χ1v) is 8.59. The van der Waals surface area contributed by atoms with Crippen LogP contribution in [0.2, 0.25) is 0 Å². The molecule has 0 bridgehead atoms. The molecule has 1 amide bonds. The van der Waals surface area contributed by atoms with E-state index in [-0.39, 0.29) is 12.5 Å². The van der Waals surface area contributed by atoms with Crippen LogP contribution in [0, 0.1) is 5.92 Å². The topological polar surface area (TPSA) is 61.4 Å². The average Bonchev–Trinajstić information content (AvgIpc) is 3.03. The number of aliphatic hydroxyl groups is 1. The van der Waals surface area contributed by atoms with Gasteiger partial charge in [-0.15, -0.1) is 0 Å². The van der Waals surface area contributed by atoms with Gasteiger partial charge in [-0.05, 0) is 40.7 Å². The van der Waals surface area contributed by atoms with Gasteiger partial charge >= 0.3 is 0 Å². The molecule has 2 aliphatic rings. The minimum absolute atomic E-state index is 0.0350. The molecule has 0 aliphatic carbocycles. The maximum atomic E-state index is 12.5. The highest BCUT2D eigenvalue weighted by Crippen LogP contribution is 2.34. The summed E-state index contributed by atoms with van der Waals surface area (Å²) in [4.78, 5) is 12.5. The molecule has 4 heteroatoms. The molecule has 24 heavy (non-hydrogen) atoms. The third kappa shape index (κ3) is 2.72. The first kappa shape index (κ1) is 15.4. The maximum Gasteiger partial charge on any atom is 0.251 e. The van der Waals surface area contributed by atoms with Crippen LogP contribution in [0.25, 0.3) is 11.1 Å². The summed E-state index contributed by atoms with van der Waals surface area (Å²) in [6, 6.07) is 14.4. The van der Waals surface area contributed by atoms with E-state index in [2.05, 4.69) is 34.9 Å². The number of rotatable bonds is 3. The molecule has 2 heterocycles. The Labute approximate surface area is 141 Å². The molecule has 3 N–H and O–H groups in total. The van der Waals surface area contributed by atoms with E-state index in [1.54, 1.807) is 0 Å². The summed E-state index contributed by atoms with van der Waals surface area (Å²) in [5.74, 6) is 0.926. The maximum absolute atomic E-state index is 12.5. The zero-order chi connectivity index (χ0) is 16.5. The lowest BCUT2D eigenvalue weighted by molar-refractivity contribution is 0.0952. The molecule has 2 aliphatic heterocycles. The molecule has 4 rings (SSSR count). The van der Waals surface area contributed by atoms with E-state index < -0.39 is 0 Å². The Morgan fingerprint density at radius 2 is 1.92 bits per heavy atom. The number of aliphatic hydroxyl groups excluding tert-OH is 1. The lowest BCUT2D eigenvalue weighted by Crippen LogP contribution is -2.28. The highest BCUT2D eigenvalue weighted by Gasteiger charge is 2.34. The quantitative estimate of drug-likeness (QED) is 0.809. The van der Waals surface area contributed by atoms with Crippen LogP contribution in [0.5, 0.6) is 0 Å². The Balaban J connectivity index is 1.75. The van der Waals surface area contributed by atoms with Crippen LogP contribution in [0.4, 0.5) is 0 Å². The molecule has 2 aromatic carbocycles. The van der Waals surface area contributed by atoms with Gasteiger partial charge in [0, 0.05) is 37.7 Å². The molecule has 0 aromatic heterocycles. The number of carbonyl (C=O) groups is 1. The predicted molar refractivity (Wildman–Crippen MR) is 94.1 cm³/mol.